The zero-order valence-electron chi connectivity index (χ0n) is 18.5. The van der Waals surface area contributed by atoms with E-state index in [0.717, 1.165) is 25.8 Å². The minimum atomic E-state index is -0.451. The third-order valence-corrected chi connectivity index (χ3v) is 7.80. The summed E-state index contributed by atoms with van der Waals surface area (Å²) in [7, 11) is 2.21. The van der Waals surface area contributed by atoms with Crippen molar-refractivity contribution in [3.63, 3.8) is 0 Å². The molecule has 1 aromatic heterocycles. The van der Waals surface area contributed by atoms with Crippen molar-refractivity contribution < 1.29 is 9.53 Å². The summed E-state index contributed by atoms with van der Waals surface area (Å²) in [6, 6.07) is 9.27. The summed E-state index contributed by atoms with van der Waals surface area (Å²) in [6.45, 7) is 9.33. The van der Waals surface area contributed by atoms with Crippen LogP contribution in [0.2, 0.25) is 0 Å². The predicted molar refractivity (Wildman–Crippen MR) is 116 cm³/mol. The molecule has 0 aliphatic carbocycles. The fraction of sp³-hybridized carbons (Fsp3) is 0.640. The molecule has 3 aliphatic rings. The van der Waals surface area contributed by atoms with Gasteiger partial charge in [-0.3, -0.25) is 9.69 Å². The molecule has 2 fully saturated rings. The maximum absolute atomic E-state index is 13.6. The Morgan fingerprint density at radius 2 is 2.00 bits per heavy atom. The Kier molecular flexibility index (Phi) is 4.19. The number of aryl methyl sites for hydroxylation is 1. The van der Waals surface area contributed by atoms with Crippen molar-refractivity contribution in [1.29, 1.82) is 0 Å². The summed E-state index contributed by atoms with van der Waals surface area (Å²) in [5.41, 5.74) is 3.48. The molecule has 0 spiro atoms. The van der Waals surface area contributed by atoms with Crippen molar-refractivity contribution in [2.45, 2.75) is 77.0 Å². The Balaban J connectivity index is 1.76. The van der Waals surface area contributed by atoms with E-state index in [1.54, 1.807) is 0 Å². The molecule has 156 valence electrons. The lowest BCUT2D eigenvalue weighted by Crippen LogP contribution is -2.60. The summed E-state index contributed by atoms with van der Waals surface area (Å²) in [5.74, 6) is 0.408. The topological polar surface area (TPSA) is 34.5 Å². The first kappa shape index (κ1) is 19.2. The van der Waals surface area contributed by atoms with Crippen LogP contribution < -0.4 is 0 Å². The molecule has 0 amide bonds. The molecule has 5 rings (SSSR count). The van der Waals surface area contributed by atoms with Crippen molar-refractivity contribution in [1.82, 2.24) is 9.47 Å². The van der Waals surface area contributed by atoms with Crippen LogP contribution in [-0.2, 0) is 28.5 Å². The lowest BCUT2D eigenvalue weighted by molar-refractivity contribution is -0.167. The molecule has 0 radical (unpaired) electrons. The normalized spacial score (nSPS) is 31.6. The van der Waals surface area contributed by atoms with E-state index in [2.05, 4.69) is 47.7 Å². The minimum Gasteiger partial charge on any atom is -0.460 e. The maximum atomic E-state index is 13.6. The molecule has 29 heavy (non-hydrogen) atoms. The molecule has 2 aromatic rings. The van der Waals surface area contributed by atoms with Gasteiger partial charge >= 0.3 is 5.97 Å². The van der Waals surface area contributed by atoms with Gasteiger partial charge in [-0.1, -0.05) is 31.5 Å². The Labute approximate surface area is 174 Å². The number of nitrogens with zero attached hydrogens (tertiary/aromatic N) is 2. The summed E-state index contributed by atoms with van der Waals surface area (Å²) >= 11 is 0. The van der Waals surface area contributed by atoms with Crippen LogP contribution in [0.4, 0.5) is 0 Å². The molecule has 4 heterocycles. The van der Waals surface area contributed by atoms with Gasteiger partial charge in [-0.15, -0.1) is 0 Å². The van der Waals surface area contributed by atoms with Crippen molar-refractivity contribution in [3.05, 3.63) is 35.5 Å². The lowest BCUT2D eigenvalue weighted by atomic mass is 9.66. The van der Waals surface area contributed by atoms with E-state index in [1.165, 1.54) is 35.0 Å². The molecule has 2 saturated heterocycles. The molecule has 0 saturated carbocycles. The summed E-state index contributed by atoms with van der Waals surface area (Å²) < 4.78 is 8.43. The standard InChI is InChI=1S/C25H34N2O2/c1-6-16-11-12-17-15-20(23(28)29-24(2,3)4)25(16)22-19(13-14-27(17)25)18-9-7-8-10-21(18)26(22)5/h7-10,16-17,20H,6,11-15H2,1-5H3/t16-,17+,20?,25-/m1/s1. The van der Waals surface area contributed by atoms with Crippen LogP contribution >= 0.6 is 0 Å². The highest BCUT2D eigenvalue weighted by molar-refractivity contribution is 5.87. The van der Waals surface area contributed by atoms with Gasteiger partial charge < -0.3 is 9.30 Å². The zero-order chi connectivity index (χ0) is 20.6. The van der Waals surface area contributed by atoms with Gasteiger partial charge in [0.25, 0.3) is 0 Å². The Hall–Kier alpha value is -1.81. The third-order valence-electron chi connectivity index (χ3n) is 7.80. The third kappa shape index (κ3) is 2.51. The van der Waals surface area contributed by atoms with Crippen molar-refractivity contribution in [2.75, 3.05) is 6.54 Å². The van der Waals surface area contributed by atoms with E-state index in [1.807, 2.05) is 20.8 Å². The second-order valence-corrected chi connectivity index (χ2v) is 10.3. The van der Waals surface area contributed by atoms with E-state index in [9.17, 15) is 4.79 Å². The summed E-state index contributed by atoms with van der Waals surface area (Å²) in [6.07, 6.45) is 5.53. The second kappa shape index (κ2) is 6.34. The molecular formula is C25H34N2O2. The number of esters is 1. The van der Waals surface area contributed by atoms with E-state index < -0.39 is 5.60 Å². The Morgan fingerprint density at radius 1 is 1.24 bits per heavy atom. The average Bonchev–Trinajstić information content (AvgIpc) is 3.10. The quantitative estimate of drug-likeness (QED) is 0.688. The van der Waals surface area contributed by atoms with E-state index >= 15 is 0 Å². The van der Waals surface area contributed by atoms with Crippen LogP contribution in [0, 0.1) is 11.8 Å². The number of piperidine rings is 1. The van der Waals surface area contributed by atoms with Crippen LogP contribution in [0.15, 0.2) is 24.3 Å². The first-order valence-electron chi connectivity index (χ1n) is 11.4. The fourth-order valence-electron chi connectivity index (χ4n) is 6.98. The van der Waals surface area contributed by atoms with Crippen LogP contribution in [0.5, 0.6) is 0 Å². The fourth-order valence-corrected chi connectivity index (χ4v) is 6.98. The molecule has 0 N–H and O–H groups in total. The number of carbonyl (C=O) groups is 1. The number of benzene rings is 1. The largest absolute Gasteiger partial charge is 0.460 e. The van der Waals surface area contributed by atoms with E-state index in [4.69, 9.17) is 4.74 Å². The molecule has 3 aliphatic heterocycles. The number of ether oxygens (including phenoxy) is 1. The van der Waals surface area contributed by atoms with Gasteiger partial charge in [0.15, 0.2) is 0 Å². The van der Waals surface area contributed by atoms with Crippen molar-refractivity contribution >= 4 is 16.9 Å². The second-order valence-electron chi connectivity index (χ2n) is 10.3. The van der Waals surface area contributed by atoms with Gasteiger partial charge in [0.1, 0.15) is 5.60 Å². The van der Waals surface area contributed by atoms with Crippen molar-refractivity contribution in [2.24, 2.45) is 18.9 Å². The van der Waals surface area contributed by atoms with Gasteiger partial charge in [-0.25, -0.2) is 0 Å². The highest BCUT2D eigenvalue weighted by atomic mass is 16.6. The van der Waals surface area contributed by atoms with E-state index in [0.29, 0.717) is 12.0 Å². The van der Waals surface area contributed by atoms with E-state index in [-0.39, 0.29) is 17.4 Å². The summed E-state index contributed by atoms with van der Waals surface area (Å²) in [4.78, 5) is 16.3. The van der Waals surface area contributed by atoms with Gasteiger partial charge in [0, 0.05) is 36.2 Å². The average molecular weight is 395 g/mol. The first-order valence-corrected chi connectivity index (χ1v) is 11.4. The van der Waals surface area contributed by atoms with Crippen LogP contribution in [-0.4, -0.2) is 33.6 Å². The Bertz CT molecular complexity index is 969. The molecule has 2 bridgehead atoms. The monoisotopic (exact) mass is 394 g/mol. The smallest absolute Gasteiger partial charge is 0.311 e. The number of rotatable bonds is 2. The number of fused-ring (bicyclic) bond motifs is 3. The molecule has 4 atom stereocenters. The highest BCUT2D eigenvalue weighted by Gasteiger charge is 2.65. The summed E-state index contributed by atoms with van der Waals surface area (Å²) in [5, 5.41) is 1.37. The van der Waals surface area contributed by atoms with Crippen molar-refractivity contribution in [3.8, 4) is 0 Å². The number of hydrogen-bond acceptors (Lipinski definition) is 3. The van der Waals surface area contributed by atoms with Gasteiger partial charge in [0.2, 0.25) is 0 Å². The maximum Gasteiger partial charge on any atom is 0.311 e. The molecule has 4 nitrogen and oxygen atoms in total. The minimum absolute atomic E-state index is 0.00320. The molecular weight excluding hydrogens is 360 g/mol. The number of hydrogen-bond donors (Lipinski definition) is 0. The highest BCUT2D eigenvalue weighted by Crippen LogP contribution is 2.61. The predicted octanol–water partition coefficient (Wildman–Crippen LogP) is 4.78. The Morgan fingerprint density at radius 3 is 2.72 bits per heavy atom. The first-order chi connectivity index (χ1) is 13.8. The van der Waals surface area contributed by atoms with Gasteiger partial charge in [0.05, 0.1) is 11.5 Å². The molecule has 1 aromatic carbocycles. The van der Waals surface area contributed by atoms with Gasteiger partial charge in [-0.05, 0) is 64.0 Å². The zero-order valence-corrected chi connectivity index (χ0v) is 18.5. The van der Waals surface area contributed by atoms with Crippen LogP contribution in [0.1, 0.15) is 64.6 Å². The van der Waals surface area contributed by atoms with Crippen LogP contribution in [0.25, 0.3) is 10.9 Å². The number of aromatic nitrogens is 1. The number of carbonyl (C=O) groups excluding carboxylic acids is 1. The lowest BCUT2D eigenvalue weighted by Gasteiger charge is -2.54. The van der Waals surface area contributed by atoms with Gasteiger partial charge in [-0.2, -0.15) is 0 Å². The molecule has 1 unspecified atom stereocenters. The van der Waals surface area contributed by atoms with Crippen LogP contribution in [0.3, 0.4) is 0 Å². The SMILES string of the molecule is CC[C@@H]1CC[C@H]2CC(C(=O)OC(C)(C)C)[C@@]13c1c(c4ccccc4n1C)CCN23. The number of para-hydroxylation sites is 1. The molecule has 4 heteroatoms.